The highest BCUT2D eigenvalue weighted by molar-refractivity contribution is 6.32. The van der Waals surface area contributed by atoms with Crippen LogP contribution >= 0.6 is 23.2 Å². The molecule has 6 heteroatoms. The Bertz CT molecular complexity index is 640. The van der Waals surface area contributed by atoms with Gasteiger partial charge in [0.05, 0.1) is 21.4 Å². The average Bonchev–Trinajstić information content (AvgIpc) is 2.71. The number of aromatic nitrogens is 2. The van der Waals surface area contributed by atoms with E-state index in [4.69, 9.17) is 28.9 Å². The molecule has 21 heavy (non-hydrogen) atoms. The molecule has 0 fully saturated rings. The predicted molar refractivity (Wildman–Crippen MR) is 84.4 cm³/mol. The van der Waals surface area contributed by atoms with Crippen LogP contribution in [0.2, 0.25) is 10.0 Å². The predicted octanol–water partition coefficient (Wildman–Crippen LogP) is 3.54. The van der Waals surface area contributed by atoms with Gasteiger partial charge in [-0.3, -0.25) is 4.68 Å². The van der Waals surface area contributed by atoms with E-state index in [2.05, 4.69) is 5.10 Å². The quantitative estimate of drug-likeness (QED) is 0.911. The van der Waals surface area contributed by atoms with E-state index < -0.39 is 5.82 Å². The van der Waals surface area contributed by atoms with Gasteiger partial charge in [-0.05, 0) is 24.5 Å². The van der Waals surface area contributed by atoms with Crippen LogP contribution in [-0.2, 0) is 26.3 Å². The fraction of sp³-hybridized carbons (Fsp3) is 0.400. The van der Waals surface area contributed by atoms with Gasteiger partial charge in [0.25, 0.3) is 0 Å². The van der Waals surface area contributed by atoms with Crippen molar-refractivity contribution in [2.75, 3.05) is 0 Å². The van der Waals surface area contributed by atoms with Crippen molar-refractivity contribution in [3.05, 3.63) is 51.0 Å². The standard InChI is InChI=1S/C15H18Cl2FN3/c1-3-12-14(17)13(21(2)20-12)8-10(19)7-9-5-4-6-11(16)15(9)18/h4-6,10H,3,7-8,19H2,1-2H3. The summed E-state index contributed by atoms with van der Waals surface area (Å²) in [5.41, 5.74) is 8.39. The minimum atomic E-state index is -0.403. The zero-order valence-electron chi connectivity index (χ0n) is 12.0. The van der Waals surface area contributed by atoms with Gasteiger partial charge >= 0.3 is 0 Å². The number of nitrogens with zero attached hydrogens (tertiary/aromatic N) is 2. The second kappa shape index (κ2) is 6.77. The number of hydrogen-bond donors (Lipinski definition) is 1. The van der Waals surface area contributed by atoms with Crippen LogP contribution in [-0.4, -0.2) is 15.8 Å². The minimum absolute atomic E-state index is 0.117. The van der Waals surface area contributed by atoms with E-state index in [1.54, 1.807) is 16.8 Å². The second-order valence-electron chi connectivity index (χ2n) is 5.07. The second-order valence-corrected chi connectivity index (χ2v) is 5.85. The summed E-state index contributed by atoms with van der Waals surface area (Å²) in [7, 11) is 1.84. The number of benzene rings is 1. The van der Waals surface area contributed by atoms with Gasteiger partial charge in [-0.1, -0.05) is 42.3 Å². The lowest BCUT2D eigenvalue weighted by atomic mass is 10.0. The van der Waals surface area contributed by atoms with Crippen LogP contribution in [0.5, 0.6) is 0 Å². The summed E-state index contributed by atoms with van der Waals surface area (Å²) in [6.07, 6.45) is 1.70. The molecule has 1 heterocycles. The molecule has 0 bridgehead atoms. The Morgan fingerprint density at radius 3 is 2.67 bits per heavy atom. The van der Waals surface area contributed by atoms with Crippen LogP contribution in [0, 0.1) is 5.82 Å². The Morgan fingerprint density at radius 2 is 2.05 bits per heavy atom. The first-order valence-electron chi connectivity index (χ1n) is 6.82. The van der Waals surface area contributed by atoms with Gasteiger partial charge in [-0.25, -0.2) is 4.39 Å². The van der Waals surface area contributed by atoms with Gasteiger partial charge in [0.15, 0.2) is 0 Å². The molecule has 1 aromatic carbocycles. The van der Waals surface area contributed by atoms with Crippen molar-refractivity contribution >= 4 is 23.2 Å². The molecule has 2 aromatic rings. The van der Waals surface area contributed by atoms with E-state index in [0.717, 1.165) is 17.8 Å². The molecule has 3 nitrogen and oxygen atoms in total. The van der Waals surface area contributed by atoms with Gasteiger partial charge < -0.3 is 5.73 Å². The Labute approximate surface area is 133 Å². The molecule has 1 unspecified atom stereocenters. The smallest absolute Gasteiger partial charge is 0.145 e. The molecule has 114 valence electrons. The number of hydrogen-bond acceptors (Lipinski definition) is 2. The molecule has 2 rings (SSSR count). The van der Waals surface area contributed by atoms with Gasteiger partial charge in [0.2, 0.25) is 0 Å². The molecule has 0 radical (unpaired) electrons. The molecule has 0 aliphatic rings. The molecular formula is C15H18Cl2FN3. The Morgan fingerprint density at radius 1 is 1.33 bits per heavy atom. The van der Waals surface area contributed by atoms with Crippen molar-refractivity contribution < 1.29 is 4.39 Å². The highest BCUT2D eigenvalue weighted by Crippen LogP contribution is 2.23. The summed E-state index contributed by atoms with van der Waals surface area (Å²) in [4.78, 5) is 0. The van der Waals surface area contributed by atoms with E-state index in [1.807, 2.05) is 14.0 Å². The Balaban J connectivity index is 2.14. The van der Waals surface area contributed by atoms with Crippen molar-refractivity contribution in [2.24, 2.45) is 12.8 Å². The zero-order chi connectivity index (χ0) is 15.6. The Hall–Kier alpha value is -1.10. The van der Waals surface area contributed by atoms with Crippen LogP contribution in [0.4, 0.5) is 4.39 Å². The van der Waals surface area contributed by atoms with Crippen molar-refractivity contribution in [1.82, 2.24) is 9.78 Å². The summed E-state index contributed by atoms with van der Waals surface area (Å²) in [6.45, 7) is 2.00. The zero-order valence-corrected chi connectivity index (χ0v) is 13.5. The Kier molecular flexibility index (Phi) is 5.25. The third-order valence-corrected chi connectivity index (χ3v) is 4.20. The van der Waals surface area contributed by atoms with Gasteiger partial charge in [-0.15, -0.1) is 0 Å². The van der Waals surface area contributed by atoms with Crippen LogP contribution in [0.3, 0.4) is 0 Å². The van der Waals surface area contributed by atoms with Crippen molar-refractivity contribution in [3.8, 4) is 0 Å². The van der Waals surface area contributed by atoms with Crippen molar-refractivity contribution in [3.63, 3.8) is 0 Å². The van der Waals surface area contributed by atoms with E-state index in [1.165, 1.54) is 6.07 Å². The summed E-state index contributed by atoms with van der Waals surface area (Å²) in [5.74, 6) is -0.403. The van der Waals surface area contributed by atoms with E-state index >= 15 is 0 Å². The third kappa shape index (κ3) is 3.57. The molecule has 0 saturated carbocycles. The first-order chi connectivity index (χ1) is 9.93. The van der Waals surface area contributed by atoms with E-state index in [0.29, 0.717) is 23.4 Å². The van der Waals surface area contributed by atoms with Gasteiger partial charge in [0.1, 0.15) is 5.82 Å². The number of aryl methyl sites for hydroxylation is 2. The van der Waals surface area contributed by atoms with Crippen LogP contribution in [0.15, 0.2) is 18.2 Å². The van der Waals surface area contributed by atoms with E-state index in [-0.39, 0.29) is 11.1 Å². The molecular weight excluding hydrogens is 312 g/mol. The SMILES string of the molecule is CCc1nn(C)c(CC(N)Cc2cccc(Cl)c2F)c1Cl. The molecule has 0 amide bonds. The van der Waals surface area contributed by atoms with Crippen LogP contribution in [0.1, 0.15) is 23.9 Å². The van der Waals surface area contributed by atoms with E-state index in [9.17, 15) is 4.39 Å². The molecule has 1 aromatic heterocycles. The monoisotopic (exact) mass is 329 g/mol. The highest BCUT2D eigenvalue weighted by atomic mass is 35.5. The lowest BCUT2D eigenvalue weighted by Crippen LogP contribution is -2.27. The largest absolute Gasteiger partial charge is 0.327 e. The molecule has 1 atom stereocenters. The van der Waals surface area contributed by atoms with Crippen molar-refractivity contribution in [1.29, 1.82) is 0 Å². The molecule has 0 saturated heterocycles. The maximum absolute atomic E-state index is 13.9. The normalized spacial score (nSPS) is 12.7. The maximum atomic E-state index is 13.9. The third-order valence-electron chi connectivity index (χ3n) is 3.47. The summed E-state index contributed by atoms with van der Waals surface area (Å²) in [5, 5.41) is 5.13. The maximum Gasteiger partial charge on any atom is 0.145 e. The minimum Gasteiger partial charge on any atom is -0.327 e. The average molecular weight is 330 g/mol. The number of halogens is 3. The van der Waals surface area contributed by atoms with Crippen molar-refractivity contribution in [2.45, 2.75) is 32.2 Å². The molecule has 2 N–H and O–H groups in total. The number of rotatable bonds is 5. The number of nitrogens with two attached hydrogens (primary N) is 1. The lowest BCUT2D eigenvalue weighted by molar-refractivity contribution is 0.572. The summed E-state index contributed by atoms with van der Waals surface area (Å²) < 4.78 is 15.6. The van der Waals surface area contributed by atoms with Gasteiger partial charge in [-0.2, -0.15) is 5.10 Å². The summed E-state index contributed by atoms with van der Waals surface area (Å²) >= 11 is 12.1. The summed E-state index contributed by atoms with van der Waals surface area (Å²) in [6, 6.07) is 4.69. The topological polar surface area (TPSA) is 43.8 Å². The lowest BCUT2D eigenvalue weighted by Gasteiger charge is -2.13. The fourth-order valence-electron chi connectivity index (χ4n) is 2.35. The molecule has 0 aliphatic carbocycles. The molecule has 0 aliphatic heterocycles. The van der Waals surface area contributed by atoms with Crippen LogP contribution in [0.25, 0.3) is 0 Å². The van der Waals surface area contributed by atoms with Gasteiger partial charge in [0, 0.05) is 19.5 Å². The first kappa shape index (κ1) is 16.3. The van der Waals surface area contributed by atoms with Crippen LogP contribution < -0.4 is 5.73 Å². The first-order valence-corrected chi connectivity index (χ1v) is 7.58. The molecule has 0 spiro atoms. The highest BCUT2D eigenvalue weighted by Gasteiger charge is 2.17. The fourth-order valence-corrected chi connectivity index (χ4v) is 2.92.